The van der Waals surface area contributed by atoms with Crippen LogP contribution in [0.25, 0.3) is 0 Å². The molecule has 9 heteroatoms. The van der Waals surface area contributed by atoms with Crippen molar-refractivity contribution in [2.24, 2.45) is 0 Å². The number of nitrogen functional groups attached to an aromatic ring is 1. The summed E-state index contributed by atoms with van der Waals surface area (Å²) in [6.45, 7) is 3.02. The Morgan fingerprint density at radius 2 is 1.70 bits per heavy atom. The minimum Gasteiger partial charge on any atom is -0.497 e. The van der Waals surface area contributed by atoms with E-state index in [0.717, 1.165) is 0 Å². The lowest BCUT2D eigenvalue weighted by Crippen LogP contribution is -2.17. The number of esters is 1. The van der Waals surface area contributed by atoms with Crippen molar-refractivity contribution in [3.05, 3.63) is 41.5 Å². The molecule has 0 saturated carbocycles. The Labute approximate surface area is 158 Å². The van der Waals surface area contributed by atoms with Gasteiger partial charge in [0, 0.05) is 6.07 Å². The molecule has 2 rings (SSSR count). The van der Waals surface area contributed by atoms with Crippen LogP contribution in [0.4, 0.5) is 11.4 Å². The first-order valence-electron chi connectivity index (χ1n) is 7.95. The molecule has 0 unspecified atom stereocenters. The normalized spacial score (nSPS) is 11.0. The predicted molar refractivity (Wildman–Crippen MR) is 102 cm³/mol. The van der Waals surface area contributed by atoms with Crippen molar-refractivity contribution in [3.8, 4) is 11.5 Å². The van der Waals surface area contributed by atoms with Crippen molar-refractivity contribution >= 4 is 27.4 Å². The Kier molecular flexibility index (Phi) is 6.17. The van der Waals surface area contributed by atoms with Gasteiger partial charge >= 0.3 is 5.97 Å². The summed E-state index contributed by atoms with van der Waals surface area (Å²) < 4.78 is 43.1. The van der Waals surface area contributed by atoms with Crippen LogP contribution in [0.3, 0.4) is 0 Å². The van der Waals surface area contributed by atoms with Crippen LogP contribution in [0.1, 0.15) is 11.1 Å². The topological polar surface area (TPSA) is 117 Å². The van der Waals surface area contributed by atoms with Crippen LogP contribution >= 0.6 is 0 Å². The first-order chi connectivity index (χ1) is 12.7. The fraction of sp³-hybridized carbons (Fsp3) is 0.278. The van der Waals surface area contributed by atoms with Crippen LogP contribution < -0.4 is 19.9 Å². The highest BCUT2D eigenvalue weighted by Gasteiger charge is 2.22. The molecule has 0 fully saturated rings. The molecule has 0 aromatic heterocycles. The Morgan fingerprint density at radius 3 is 2.22 bits per heavy atom. The predicted octanol–water partition coefficient (Wildman–Crippen LogP) is 2.25. The van der Waals surface area contributed by atoms with Gasteiger partial charge in [0.15, 0.2) is 6.61 Å². The first-order valence-corrected chi connectivity index (χ1v) is 9.43. The van der Waals surface area contributed by atoms with Gasteiger partial charge in [-0.3, -0.25) is 4.72 Å². The molecule has 8 nitrogen and oxygen atoms in total. The van der Waals surface area contributed by atoms with E-state index in [0.29, 0.717) is 22.6 Å². The molecule has 2 aromatic carbocycles. The SMILES string of the molecule is COC(=O)COc1cc(C)c(S(=O)(=O)Nc2ccc(OC)cc2N)c(C)c1. The van der Waals surface area contributed by atoms with Crippen LogP contribution in [-0.2, 0) is 19.6 Å². The van der Waals surface area contributed by atoms with Gasteiger partial charge in [-0.05, 0) is 49.2 Å². The molecule has 0 radical (unpaired) electrons. The molecule has 0 atom stereocenters. The summed E-state index contributed by atoms with van der Waals surface area (Å²) in [5.41, 5.74) is 7.32. The van der Waals surface area contributed by atoms with Crippen molar-refractivity contribution < 1.29 is 27.4 Å². The van der Waals surface area contributed by atoms with E-state index in [2.05, 4.69) is 9.46 Å². The molecule has 2 aromatic rings. The van der Waals surface area contributed by atoms with Crippen LogP contribution in [-0.4, -0.2) is 35.2 Å². The highest BCUT2D eigenvalue weighted by molar-refractivity contribution is 7.92. The highest BCUT2D eigenvalue weighted by Crippen LogP contribution is 2.30. The maximum absolute atomic E-state index is 12.9. The number of carbonyl (C=O) groups excluding carboxylic acids is 1. The van der Waals surface area contributed by atoms with Crippen LogP contribution in [0.15, 0.2) is 35.2 Å². The van der Waals surface area contributed by atoms with Crippen molar-refractivity contribution in [2.75, 3.05) is 31.3 Å². The van der Waals surface area contributed by atoms with Gasteiger partial charge in [-0.2, -0.15) is 0 Å². The summed E-state index contributed by atoms with van der Waals surface area (Å²) in [6.07, 6.45) is 0. The number of anilines is 2. The Hall–Kier alpha value is -2.94. The molecule has 0 aliphatic heterocycles. The van der Waals surface area contributed by atoms with Gasteiger partial charge in [0.2, 0.25) is 0 Å². The van der Waals surface area contributed by atoms with Crippen molar-refractivity contribution in [2.45, 2.75) is 18.7 Å². The first kappa shape index (κ1) is 20.4. The second kappa shape index (κ2) is 8.17. The number of hydrogen-bond acceptors (Lipinski definition) is 7. The number of benzene rings is 2. The fourth-order valence-corrected chi connectivity index (χ4v) is 4.12. The van der Waals surface area contributed by atoms with E-state index < -0.39 is 16.0 Å². The monoisotopic (exact) mass is 394 g/mol. The second-order valence-electron chi connectivity index (χ2n) is 5.81. The third-order valence-electron chi connectivity index (χ3n) is 3.79. The Balaban J connectivity index is 2.31. The zero-order valence-electron chi connectivity index (χ0n) is 15.5. The lowest BCUT2D eigenvalue weighted by molar-refractivity contribution is -0.142. The van der Waals surface area contributed by atoms with Gasteiger partial charge in [-0.25, -0.2) is 13.2 Å². The number of rotatable bonds is 7. The highest BCUT2D eigenvalue weighted by atomic mass is 32.2. The molecule has 0 saturated heterocycles. The number of sulfonamides is 1. The number of carbonyl (C=O) groups is 1. The van der Waals surface area contributed by atoms with E-state index in [1.54, 1.807) is 32.0 Å². The van der Waals surface area contributed by atoms with Crippen LogP contribution in [0.2, 0.25) is 0 Å². The van der Waals surface area contributed by atoms with Gasteiger partial charge in [0.05, 0.1) is 30.5 Å². The average molecular weight is 394 g/mol. The molecule has 0 bridgehead atoms. The molecule has 0 aliphatic rings. The standard InChI is InChI=1S/C18H22N2O6S/c1-11-7-14(26-10-17(21)25-4)8-12(2)18(11)27(22,23)20-16-6-5-13(24-3)9-15(16)19/h5-9,20H,10,19H2,1-4H3. The number of aryl methyl sites for hydroxylation is 2. The van der Waals surface area contributed by atoms with E-state index in [1.165, 1.54) is 26.4 Å². The molecular formula is C18H22N2O6S. The van der Waals surface area contributed by atoms with Gasteiger partial charge in [-0.1, -0.05) is 0 Å². The number of hydrogen-bond donors (Lipinski definition) is 2. The summed E-state index contributed by atoms with van der Waals surface area (Å²) in [7, 11) is -1.13. The summed E-state index contributed by atoms with van der Waals surface area (Å²) in [5, 5.41) is 0. The summed E-state index contributed by atoms with van der Waals surface area (Å²) in [6, 6.07) is 7.76. The van der Waals surface area contributed by atoms with Crippen LogP contribution in [0, 0.1) is 13.8 Å². The lowest BCUT2D eigenvalue weighted by Gasteiger charge is -2.16. The van der Waals surface area contributed by atoms with Gasteiger partial charge in [0.1, 0.15) is 11.5 Å². The molecule has 3 N–H and O–H groups in total. The van der Waals surface area contributed by atoms with Crippen molar-refractivity contribution in [1.29, 1.82) is 0 Å². The molecule has 0 amide bonds. The largest absolute Gasteiger partial charge is 0.497 e. The van der Waals surface area contributed by atoms with Crippen LogP contribution in [0.5, 0.6) is 11.5 Å². The van der Waals surface area contributed by atoms with Crippen molar-refractivity contribution in [3.63, 3.8) is 0 Å². The van der Waals surface area contributed by atoms with E-state index in [1.807, 2.05) is 0 Å². The minimum absolute atomic E-state index is 0.114. The van der Waals surface area contributed by atoms with Gasteiger partial charge in [0.25, 0.3) is 10.0 Å². The molecular weight excluding hydrogens is 372 g/mol. The number of ether oxygens (including phenoxy) is 3. The smallest absolute Gasteiger partial charge is 0.343 e. The number of nitrogens with one attached hydrogen (secondary N) is 1. The average Bonchev–Trinajstić information content (AvgIpc) is 2.60. The molecule has 0 heterocycles. The van der Waals surface area contributed by atoms with Crippen molar-refractivity contribution in [1.82, 2.24) is 0 Å². The van der Waals surface area contributed by atoms with Gasteiger partial charge < -0.3 is 19.9 Å². The van der Waals surface area contributed by atoms with E-state index in [9.17, 15) is 13.2 Å². The second-order valence-corrected chi connectivity index (χ2v) is 7.43. The van der Waals surface area contributed by atoms with E-state index in [4.69, 9.17) is 15.2 Å². The zero-order chi connectivity index (χ0) is 20.2. The lowest BCUT2D eigenvalue weighted by atomic mass is 10.1. The third-order valence-corrected chi connectivity index (χ3v) is 5.46. The molecule has 0 spiro atoms. The Bertz CT molecular complexity index is 933. The molecule has 146 valence electrons. The minimum atomic E-state index is -3.89. The third kappa shape index (κ3) is 4.82. The summed E-state index contributed by atoms with van der Waals surface area (Å²) in [5.74, 6) is 0.367. The number of nitrogens with two attached hydrogens (primary N) is 1. The summed E-state index contributed by atoms with van der Waals surface area (Å²) >= 11 is 0. The van der Waals surface area contributed by atoms with E-state index in [-0.39, 0.29) is 22.9 Å². The van der Waals surface area contributed by atoms with E-state index >= 15 is 0 Å². The zero-order valence-corrected chi connectivity index (χ0v) is 16.3. The molecule has 0 aliphatic carbocycles. The Morgan fingerprint density at radius 1 is 1.07 bits per heavy atom. The maximum Gasteiger partial charge on any atom is 0.343 e. The fourth-order valence-electron chi connectivity index (χ4n) is 2.58. The van der Waals surface area contributed by atoms with Gasteiger partial charge in [-0.15, -0.1) is 0 Å². The molecule has 27 heavy (non-hydrogen) atoms. The quantitative estimate of drug-likeness (QED) is 0.546. The summed E-state index contributed by atoms with van der Waals surface area (Å²) in [4.78, 5) is 11.3. The maximum atomic E-state index is 12.9. The number of methoxy groups -OCH3 is 2.